The van der Waals surface area contributed by atoms with Gasteiger partial charge in [-0.25, -0.2) is 10.2 Å². The van der Waals surface area contributed by atoms with Crippen LogP contribution in [0.5, 0.6) is 11.1 Å². The number of hydrogen-bond acceptors (Lipinski definition) is 9. The van der Waals surface area contributed by atoms with Gasteiger partial charge in [-0.1, -0.05) is 11.3 Å². The fraction of sp³-hybridized carbons (Fsp3) is 0.562. The fourth-order valence-corrected chi connectivity index (χ4v) is 3.47. The highest BCUT2D eigenvalue weighted by Crippen LogP contribution is 2.32. The van der Waals surface area contributed by atoms with Crippen LogP contribution >= 0.6 is 11.3 Å². The van der Waals surface area contributed by atoms with E-state index in [1.165, 1.54) is 6.92 Å². The summed E-state index contributed by atoms with van der Waals surface area (Å²) in [5.41, 5.74) is 0.639. The zero-order valence-corrected chi connectivity index (χ0v) is 15.3. The summed E-state index contributed by atoms with van der Waals surface area (Å²) in [5, 5.41) is 14.8. The first-order chi connectivity index (χ1) is 12.5. The molecule has 0 saturated heterocycles. The molecule has 0 aromatic carbocycles. The summed E-state index contributed by atoms with van der Waals surface area (Å²) < 4.78 is 11.5. The Morgan fingerprint density at radius 1 is 1.42 bits per heavy atom. The van der Waals surface area contributed by atoms with Gasteiger partial charge in [0.05, 0.1) is 19.3 Å². The predicted octanol–water partition coefficient (Wildman–Crippen LogP) is 2.17. The number of hydrogen-bond donors (Lipinski definition) is 2. The van der Waals surface area contributed by atoms with Gasteiger partial charge in [0.2, 0.25) is 11.8 Å². The summed E-state index contributed by atoms with van der Waals surface area (Å²) >= 11 is 1.14. The van der Waals surface area contributed by atoms with E-state index in [0.29, 0.717) is 35.4 Å². The lowest BCUT2D eigenvalue weighted by Gasteiger charge is -2.35. The lowest BCUT2D eigenvalue weighted by molar-refractivity contribution is -0.438. The number of rotatable bonds is 9. The number of nitrogens with zero attached hydrogens (tertiary/aromatic N) is 2. The van der Waals surface area contributed by atoms with Crippen LogP contribution in [-0.2, 0) is 14.6 Å². The molecule has 1 aliphatic carbocycles. The van der Waals surface area contributed by atoms with Crippen LogP contribution in [0.25, 0.3) is 10.3 Å². The zero-order chi connectivity index (χ0) is 18.5. The van der Waals surface area contributed by atoms with Crippen molar-refractivity contribution in [3.8, 4) is 11.1 Å². The molecule has 0 aliphatic heterocycles. The van der Waals surface area contributed by atoms with Crippen molar-refractivity contribution >= 4 is 27.6 Å². The second kappa shape index (κ2) is 8.58. The maximum Gasteiger partial charge on any atom is 0.318 e. The van der Waals surface area contributed by atoms with Crippen LogP contribution < -0.4 is 14.9 Å². The van der Waals surface area contributed by atoms with E-state index >= 15 is 0 Å². The molecular formula is C16H21N3O6S. The topological polar surface area (TPSA) is 112 Å². The predicted molar refractivity (Wildman–Crippen MR) is 93.0 cm³/mol. The van der Waals surface area contributed by atoms with Crippen LogP contribution in [0, 0.1) is 5.92 Å². The van der Waals surface area contributed by atoms with Gasteiger partial charge in [-0.05, 0) is 36.8 Å². The summed E-state index contributed by atoms with van der Waals surface area (Å²) in [5.74, 6) is 0.895. The van der Waals surface area contributed by atoms with E-state index in [4.69, 9.17) is 14.7 Å². The quantitative estimate of drug-likeness (QED) is 0.500. The van der Waals surface area contributed by atoms with Crippen LogP contribution in [0.1, 0.15) is 26.7 Å². The Morgan fingerprint density at radius 2 is 2.23 bits per heavy atom. The Kier molecular flexibility index (Phi) is 6.20. The number of pyridine rings is 1. The molecule has 142 valence electrons. The van der Waals surface area contributed by atoms with Gasteiger partial charge in [0.25, 0.3) is 0 Å². The van der Waals surface area contributed by atoms with Gasteiger partial charge in [-0.3, -0.25) is 9.68 Å². The molecule has 0 bridgehead atoms. The molecule has 1 aliphatic rings. The monoisotopic (exact) mass is 383 g/mol. The summed E-state index contributed by atoms with van der Waals surface area (Å²) in [7, 11) is 0. The van der Waals surface area contributed by atoms with Crippen LogP contribution in [0.15, 0.2) is 12.1 Å². The number of ether oxygens (including phenoxy) is 2. The van der Waals surface area contributed by atoms with Crippen LogP contribution in [0.2, 0.25) is 0 Å². The molecular weight excluding hydrogens is 362 g/mol. The van der Waals surface area contributed by atoms with Crippen molar-refractivity contribution in [2.75, 3.05) is 13.2 Å². The van der Waals surface area contributed by atoms with Crippen LogP contribution in [0.4, 0.5) is 0 Å². The minimum absolute atomic E-state index is 0.0169. The molecule has 1 atom stereocenters. The van der Waals surface area contributed by atoms with E-state index in [1.54, 1.807) is 12.1 Å². The third-order valence-corrected chi connectivity index (χ3v) is 4.84. The standard InChI is InChI=1S/C16H21N3O6S/c1-9(17-10(2)20)7-22-12-5-11(6-12)8-23-14-4-3-13-15(19-14)26-16(18-13)24-25-21/h3-4,9,11-12,21H,5-8H2,1-2H3,(H,17,20)/t9-,11?,12?/m0/s1. The van der Waals surface area contributed by atoms with Crippen molar-refractivity contribution in [3.63, 3.8) is 0 Å². The van der Waals surface area contributed by atoms with E-state index in [0.717, 1.165) is 24.2 Å². The molecule has 2 aromatic rings. The Labute approximate surface area is 154 Å². The highest BCUT2D eigenvalue weighted by Gasteiger charge is 2.30. The van der Waals surface area contributed by atoms with Crippen molar-refractivity contribution in [2.45, 2.75) is 38.8 Å². The Hall–Kier alpha value is -2.01. The number of fused-ring (bicyclic) bond motifs is 1. The molecule has 3 rings (SSSR count). The molecule has 0 radical (unpaired) electrons. The van der Waals surface area contributed by atoms with Crippen LogP contribution in [-0.4, -0.2) is 46.5 Å². The molecule has 1 fully saturated rings. The third kappa shape index (κ3) is 5.01. The van der Waals surface area contributed by atoms with E-state index in [1.807, 2.05) is 6.92 Å². The number of aromatic nitrogens is 2. The second-order valence-corrected chi connectivity index (χ2v) is 7.26. The molecule has 0 spiro atoms. The smallest absolute Gasteiger partial charge is 0.318 e. The summed E-state index contributed by atoms with van der Waals surface area (Å²) in [4.78, 5) is 24.5. The molecule has 0 unspecified atom stereocenters. The number of carbonyl (C=O) groups excluding carboxylic acids is 1. The second-order valence-electron chi connectivity index (χ2n) is 6.32. The van der Waals surface area contributed by atoms with Crippen LogP contribution in [0.3, 0.4) is 0 Å². The Morgan fingerprint density at radius 3 is 2.96 bits per heavy atom. The average molecular weight is 383 g/mol. The van der Waals surface area contributed by atoms with E-state index in [-0.39, 0.29) is 23.2 Å². The summed E-state index contributed by atoms with van der Waals surface area (Å²) in [6.07, 6.45) is 2.08. The first-order valence-electron chi connectivity index (χ1n) is 8.30. The molecule has 2 aromatic heterocycles. The Bertz CT molecular complexity index is 749. The van der Waals surface area contributed by atoms with E-state index in [9.17, 15) is 4.79 Å². The lowest BCUT2D eigenvalue weighted by atomic mass is 9.83. The van der Waals surface area contributed by atoms with Gasteiger partial charge in [0.15, 0.2) is 4.83 Å². The molecule has 1 saturated carbocycles. The van der Waals surface area contributed by atoms with Gasteiger partial charge >= 0.3 is 5.19 Å². The number of nitrogens with one attached hydrogen (secondary N) is 1. The number of thiazole rings is 1. The van der Waals surface area contributed by atoms with Gasteiger partial charge in [0, 0.05) is 19.0 Å². The molecule has 2 N–H and O–H groups in total. The van der Waals surface area contributed by atoms with Gasteiger partial charge in [-0.15, -0.1) is 0 Å². The fourth-order valence-electron chi connectivity index (χ4n) is 2.75. The molecule has 2 heterocycles. The molecule has 9 nitrogen and oxygen atoms in total. The van der Waals surface area contributed by atoms with Gasteiger partial charge in [0.1, 0.15) is 5.52 Å². The van der Waals surface area contributed by atoms with Crippen molar-refractivity contribution in [1.29, 1.82) is 0 Å². The normalized spacial score (nSPS) is 20.4. The maximum atomic E-state index is 11.0. The SMILES string of the molecule is CC(=O)N[C@@H](C)COC1CC(COc2ccc3nc(OOO)sc3n2)C1. The zero-order valence-electron chi connectivity index (χ0n) is 14.5. The first kappa shape index (κ1) is 18.8. The average Bonchev–Trinajstić information content (AvgIpc) is 2.94. The van der Waals surface area contributed by atoms with Crippen molar-refractivity contribution in [2.24, 2.45) is 5.92 Å². The number of carbonyl (C=O) groups is 1. The lowest BCUT2D eigenvalue weighted by Crippen LogP contribution is -2.40. The van der Waals surface area contributed by atoms with Crippen molar-refractivity contribution in [1.82, 2.24) is 15.3 Å². The van der Waals surface area contributed by atoms with Crippen molar-refractivity contribution in [3.05, 3.63) is 12.1 Å². The van der Waals surface area contributed by atoms with Gasteiger partial charge < -0.3 is 14.8 Å². The van der Waals surface area contributed by atoms with Crippen molar-refractivity contribution < 1.29 is 29.5 Å². The maximum absolute atomic E-state index is 11.0. The molecule has 1 amide bonds. The highest BCUT2D eigenvalue weighted by molar-refractivity contribution is 7.19. The third-order valence-electron chi connectivity index (χ3n) is 4.01. The number of amides is 1. The summed E-state index contributed by atoms with van der Waals surface area (Å²) in [6.45, 7) is 4.51. The largest absolute Gasteiger partial charge is 0.477 e. The first-order valence-corrected chi connectivity index (χ1v) is 9.12. The van der Waals surface area contributed by atoms with E-state index in [2.05, 4.69) is 25.2 Å². The summed E-state index contributed by atoms with van der Waals surface area (Å²) in [6, 6.07) is 3.53. The van der Waals surface area contributed by atoms with Gasteiger partial charge in [-0.2, -0.15) is 4.98 Å². The molecule has 10 heteroatoms. The van der Waals surface area contributed by atoms with E-state index < -0.39 is 0 Å². The minimum Gasteiger partial charge on any atom is -0.477 e. The minimum atomic E-state index is -0.0473. The molecule has 26 heavy (non-hydrogen) atoms. The Balaban J connectivity index is 1.39. The highest BCUT2D eigenvalue weighted by atomic mass is 32.1.